The summed E-state index contributed by atoms with van der Waals surface area (Å²) in [4.78, 5) is 0. The zero-order valence-corrected chi connectivity index (χ0v) is 10.1. The summed E-state index contributed by atoms with van der Waals surface area (Å²) in [7, 11) is 0. The quantitative estimate of drug-likeness (QED) is 0.690. The standard InChI is InChI=1S/C13H10BrNO/c14-11-3-4-13-10(8-11)5-6-15(13)9-12-2-1-7-16-12/h1-8H,9H2. The summed E-state index contributed by atoms with van der Waals surface area (Å²) in [5, 5.41) is 1.24. The second kappa shape index (κ2) is 3.83. The predicted molar refractivity (Wildman–Crippen MR) is 67.4 cm³/mol. The normalized spacial score (nSPS) is 11.1. The largest absolute Gasteiger partial charge is 0.467 e. The SMILES string of the molecule is Brc1ccc2c(ccn2Cc2ccco2)c1. The summed E-state index contributed by atoms with van der Waals surface area (Å²) in [5.74, 6) is 0.973. The lowest BCUT2D eigenvalue weighted by Crippen LogP contribution is -1.95. The fourth-order valence-corrected chi connectivity index (χ4v) is 2.26. The summed E-state index contributed by atoms with van der Waals surface area (Å²) in [6.45, 7) is 0.776. The van der Waals surface area contributed by atoms with E-state index < -0.39 is 0 Å². The van der Waals surface area contributed by atoms with Crippen LogP contribution in [-0.4, -0.2) is 4.57 Å². The number of fused-ring (bicyclic) bond motifs is 1. The van der Waals surface area contributed by atoms with Gasteiger partial charge >= 0.3 is 0 Å². The molecule has 16 heavy (non-hydrogen) atoms. The third-order valence-electron chi connectivity index (χ3n) is 2.64. The minimum Gasteiger partial charge on any atom is -0.467 e. The van der Waals surface area contributed by atoms with Crippen LogP contribution in [0.2, 0.25) is 0 Å². The van der Waals surface area contributed by atoms with Gasteiger partial charge in [-0.15, -0.1) is 0 Å². The molecule has 0 saturated heterocycles. The van der Waals surface area contributed by atoms with E-state index in [4.69, 9.17) is 4.42 Å². The van der Waals surface area contributed by atoms with Gasteiger partial charge in [0.15, 0.2) is 0 Å². The van der Waals surface area contributed by atoms with E-state index in [-0.39, 0.29) is 0 Å². The molecule has 0 saturated carbocycles. The average molecular weight is 276 g/mol. The Morgan fingerprint density at radius 2 is 2.12 bits per heavy atom. The number of halogens is 1. The van der Waals surface area contributed by atoms with E-state index in [0.29, 0.717) is 0 Å². The molecule has 3 heteroatoms. The van der Waals surface area contributed by atoms with Gasteiger partial charge in [-0.2, -0.15) is 0 Å². The summed E-state index contributed by atoms with van der Waals surface area (Å²) in [6, 6.07) is 12.3. The summed E-state index contributed by atoms with van der Waals surface area (Å²) < 4.78 is 8.64. The molecule has 80 valence electrons. The molecule has 0 N–H and O–H groups in total. The van der Waals surface area contributed by atoms with Crippen LogP contribution in [0.25, 0.3) is 10.9 Å². The highest BCUT2D eigenvalue weighted by atomic mass is 79.9. The van der Waals surface area contributed by atoms with Gasteiger partial charge in [0, 0.05) is 21.6 Å². The second-order valence-corrected chi connectivity index (χ2v) is 4.64. The third kappa shape index (κ3) is 1.67. The van der Waals surface area contributed by atoms with Gasteiger partial charge in [0.25, 0.3) is 0 Å². The van der Waals surface area contributed by atoms with Crippen LogP contribution in [-0.2, 0) is 6.54 Å². The van der Waals surface area contributed by atoms with Crippen molar-refractivity contribution < 1.29 is 4.42 Å². The first kappa shape index (κ1) is 9.73. The highest BCUT2D eigenvalue weighted by molar-refractivity contribution is 9.10. The number of hydrogen-bond donors (Lipinski definition) is 0. The predicted octanol–water partition coefficient (Wildman–Crippen LogP) is 4.05. The highest BCUT2D eigenvalue weighted by Crippen LogP contribution is 2.21. The Balaban J connectivity index is 2.04. The van der Waals surface area contributed by atoms with Gasteiger partial charge in [0.05, 0.1) is 12.8 Å². The molecule has 0 aliphatic rings. The molecule has 0 aliphatic carbocycles. The molecule has 2 heterocycles. The maximum Gasteiger partial charge on any atom is 0.123 e. The van der Waals surface area contributed by atoms with Crippen molar-refractivity contribution in [2.45, 2.75) is 6.54 Å². The monoisotopic (exact) mass is 275 g/mol. The number of aromatic nitrogens is 1. The lowest BCUT2D eigenvalue weighted by atomic mass is 10.2. The van der Waals surface area contributed by atoms with E-state index in [1.54, 1.807) is 6.26 Å². The molecule has 0 atom stereocenters. The summed E-state index contributed by atoms with van der Waals surface area (Å²) in [5.41, 5.74) is 1.22. The zero-order chi connectivity index (χ0) is 11.0. The van der Waals surface area contributed by atoms with Crippen LogP contribution in [0.4, 0.5) is 0 Å². The first-order valence-electron chi connectivity index (χ1n) is 5.10. The van der Waals surface area contributed by atoms with Gasteiger partial charge < -0.3 is 8.98 Å². The van der Waals surface area contributed by atoms with Crippen LogP contribution < -0.4 is 0 Å². The molecule has 3 rings (SSSR count). The molecule has 2 nitrogen and oxygen atoms in total. The minimum absolute atomic E-state index is 0.776. The number of hydrogen-bond acceptors (Lipinski definition) is 1. The van der Waals surface area contributed by atoms with Crippen molar-refractivity contribution in [1.29, 1.82) is 0 Å². The first-order valence-corrected chi connectivity index (χ1v) is 5.89. The second-order valence-electron chi connectivity index (χ2n) is 3.73. The van der Waals surface area contributed by atoms with E-state index in [1.807, 2.05) is 12.1 Å². The topological polar surface area (TPSA) is 18.1 Å². The molecule has 2 aromatic heterocycles. The van der Waals surface area contributed by atoms with E-state index in [1.165, 1.54) is 10.9 Å². The fourth-order valence-electron chi connectivity index (χ4n) is 1.88. The zero-order valence-electron chi connectivity index (χ0n) is 8.56. The Morgan fingerprint density at radius 3 is 2.94 bits per heavy atom. The Labute approximate surface area is 102 Å². The van der Waals surface area contributed by atoms with Crippen molar-refractivity contribution >= 4 is 26.8 Å². The number of furan rings is 1. The van der Waals surface area contributed by atoms with Crippen molar-refractivity contribution in [3.05, 3.63) is 59.1 Å². The summed E-state index contributed by atoms with van der Waals surface area (Å²) in [6.07, 6.45) is 3.79. The van der Waals surface area contributed by atoms with Crippen molar-refractivity contribution in [3.63, 3.8) is 0 Å². The Hall–Kier alpha value is -1.48. The third-order valence-corrected chi connectivity index (χ3v) is 3.13. The molecule has 0 amide bonds. The number of nitrogens with zero attached hydrogens (tertiary/aromatic N) is 1. The summed E-state index contributed by atoms with van der Waals surface area (Å²) >= 11 is 3.47. The highest BCUT2D eigenvalue weighted by Gasteiger charge is 2.03. The molecule has 0 bridgehead atoms. The van der Waals surface area contributed by atoms with E-state index in [0.717, 1.165) is 16.8 Å². The van der Waals surface area contributed by atoms with Gasteiger partial charge in [-0.1, -0.05) is 15.9 Å². The van der Waals surface area contributed by atoms with Crippen molar-refractivity contribution in [3.8, 4) is 0 Å². The molecule has 0 unspecified atom stereocenters. The van der Waals surface area contributed by atoms with Gasteiger partial charge in [-0.05, 0) is 36.4 Å². The molecule has 0 fully saturated rings. The maximum atomic E-state index is 5.35. The van der Waals surface area contributed by atoms with Crippen molar-refractivity contribution in [2.75, 3.05) is 0 Å². The van der Waals surface area contributed by atoms with Crippen molar-refractivity contribution in [1.82, 2.24) is 4.57 Å². The van der Waals surface area contributed by atoms with Gasteiger partial charge in [0.1, 0.15) is 5.76 Å². The van der Waals surface area contributed by atoms with Gasteiger partial charge in [0.2, 0.25) is 0 Å². The molecule has 3 aromatic rings. The van der Waals surface area contributed by atoms with E-state index >= 15 is 0 Å². The number of benzene rings is 1. The van der Waals surface area contributed by atoms with Crippen LogP contribution in [0.15, 0.2) is 57.7 Å². The van der Waals surface area contributed by atoms with Gasteiger partial charge in [-0.25, -0.2) is 0 Å². The molecule has 0 radical (unpaired) electrons. The van der Waals surface area contributed by atoms with E-state index in [9.17, 15) is 0 Å². The molecular weight excluding hydrogens is 266 g/mol. The van der Waals surface area contributed by atoms with Gasteiger partial charge in [-0.3, -0.25) is 0 Å². The van der Waals surface area contributed by atoms with Crippen molar-refractivity contribution in [2.24, 2.45) is 0 Å². The Kier molecular flexibility index (Phi) is 2.33. The fraction of sp³-hybridized carbons (Fsp3) is 0.0769. The number of rotatable bonds is 2. The van der Waals surface area contributed by atoms with Crippen LogP contribution in [0.1, 0.15) is 5.76 Å². The van der Waals surface area contributed by atoms with E-state index in [2.05, 4.69) is 51.0 Å². The Morgan fingerprint density at radius 1 is 1.19 bits per heavy atom. The van der Waals surface area contributed by atoms with Crippen LogP contribution in [0, 0.1) is 0 Å². The van der Waals surface area contributed by atoms with Crippen LogP contribution >= 0.6 is 15.9 Å². The van der Waals surface area contributed by atoms with Crippen LogP contribution in [0.3, 0.4) is 0 Å². The lowest BCUT2D eigenvalue weighted by molar-refractivity contribution is 0.497. The molecule has 0 aliphatic heterocycles. The maximum absolute atomic E-state index is 5.35. The molecule has 1 aromatic carbocycles. The molecular formula is C13H10BrNO. The first-order chi connectivity index (χ1) is 7.83. The minimum atomic E-state index is 0.776. The Bertz CT molecular complexity index is 610. The lowest BCUT2D eigenvalue weighted by Gasteiger charge is -2.02. The average Bonchev–Trinajstić information content (AvgIpc) is 2.89. The van der Waals surface area contributed by atoms with Crippen LogP contribution in [0.5, 0.6) is 0 Å². The molecule has 0 spiro atoms. The smallest absolute Gasteiger partial charge is 0.123 e.